The Kier molecular flexibility index (Phi) is 6.51. The molecule has 1 aliphatic rings. The molecular formula is C23H21ClN4O4. The van der Waals surface area contributed by atoms with Gasteiger partial charge >= 0.3 is 5.97 Å². The molecule has 2 aromatic carbocycles. The first-order valence-corrected chi connectivity index (χ1v) is 10.1. The fourth-order valence-corrected chi connectivity index (χ4v) is 3.72. The predicted octanol–water partition coefficient (Wildman–Crippen LogP) is 2.31. The van der Waals surface area contributed by atoms with Gasteiger partial charge in [-0.2, -0.15) is 0 Å². The van der Waals surface area contributed by atoms with Gasteiger partial charge in [0.1, 0.15) is 12.4 Å². The number of benzene rings is 2. The third-order valence-electron chi connectivity index (χ3n) is 5.12. The van der Waals surface area contributed by atoms with Gasteiger partial charge < -0.3 is 20.6 Å². The van der Waals surface area contributed by atoms with Gasteiger partial charge in [-0.3, -0.25) is 19.8 Å². The molecule has 0 aromatic heterocycles. The quantitative estimate of drug-likeness (QED) is 0.372. The number of hydrogen-bond acceptors (Lipinski definition) is 4. The molecule has 0 spiro atoms. The number of halogens is 1. The van der Waals surface area contributed by atoms with Crippen LogP contribution >= 0.6 is 11.6 Å². The Morgan fingerprint density at radius 1 is 1.22 bits per heavy atom. The number of likely N-dealkylation sites (N-methyl/N-ethyl adjacent to an activating group) is 1. The number of hydrogen-bond donors (Lipinski definition) is 3. The average molecular weight is 453 g/mol. The van der Waals surface area contributed by atoms with Gasteiger partial charge in [0.15, 0.2) is 0 Å². The second-order valence-electron chi connectivity index (χ2n) is 7.43. The molecule has 4 N–H and O–H groups in total. The first-order chi connectivity index (χ1) is 15.1. The standard InChI is InChI=1S/C23H21ClN4O4/c1-13(9-20(30)31)28-12-19(29)27(2)21-17(23(28)32)10-15(11-18(21)24)4-3-14-5-7-16(8-6-14)22(25)26/h5-8,10-11,13H,9,12H2,1-2H3,(H3,25,26)(H,30,31)/t13-/m0/s1. The van der Waals surface area contributed by atoms with E-state index in [1.54, 1.807) is 43.3 Å². The lowest BCUT2D eigenvalue weighted by atomic mass is 10.0. The van der Waals surface area contributed by atoms with Crippen LogP contribution in [0.2, 0.25) is 5.02 Å². The van der Waals surface area contributed by atoms with Crippen molar-refractivity contribution in [2.75, 3.05) is 18.5 Å². The molecule has 0 saturated heterocycles. The van der Waals surface area contributed by atoms with Crippen LogP contribution in [0.1, 0.15) is 40.4 Å². The van der Waals surface area contributed by atoms with Crippen LogP contribution in [0, 0.1) is 17.3 Å². The van der Waals surface area contributed by atoms with Crippen LogP contribution in [-0.2, 0) is 9.59 Å². The summed E-state index contributed by atoms with van der Waals surface area (Å²) in [4.78, 5) is 39.5. The number of rotatable bonds is 4. The molecule has 8 nitrogen and oxygen atoms in total. The van der Waals surface area contributed by atoms with E-state index in [1.165, 1.54) is 16.8 Å². The smallest absolute Gasteiger partial charge is 0.305 e. The SMILES string of the molecule is C[C@@H](CC(=O)O)N1CC(=O)N(C)c2c(Cl)cc(C#Cc3ccc(C(=N)N)cc3)cc2C1=O. The molecule has 0 fully saturated rings. The summed E-state index contributed by atoms with van der Waals surface area (Å²) in [5.41, 5.74) is 7.62. The summed E-state index contributed by atoms with van der Waals surface area (Å²) < 4.78 is 0. The molecule has 2 aromatic rings. The molecule has 0 bridgehead atoms. The number of carbonyl (C=O) groups is 3. The van der Waals surface area contributed by atoms with Gasteiger partial charge in [0.05, 0.1) is 22.7 Å². The highest BCUT2D eigenvalue weighted by Gasteiger charge is 2.34. The van der Waals surface area contributed by atoms with Crippen LogP contribution in [0.4, 0.5) is 5.69 Å². The van der Waals surface area contributed by atoms with Crippen LogP contribution in [0.3, 0.4) is 0 Å². The minimum atomic E-state index is -1.07. The molecule has 1 heterocycles. The highest BCUT2D eigenvalue weighted by Crippen LogP contribution is 2.34. The molecular weight excluding hydrogens is 432 g/mol. The molecule has 1 aliphatic heterocycles. The molecule has 0 radical (unpaired) electrons. The Morgan fingerprint density at radius 2 is 1.84 bits per heavy atom. The van der Waals surface area contributed by atoms with Crippen LogP contribution in [0.25, 0.3) is 0 Å². The highest BCUT2D eigenvalue weighted by molar-refractivity contribution is 6.35. The summed E-state index contributed by atoms with van der Waals surface area (Å²) in [5.74, 6) is 3.96. The largest absolute Gasteiger partial charge is 0.481 e. The van der Waals surface area contributed by atoms with E-state index in [4.69, 9.17) is 27.9 Å². The number of nitrogen functional groups attached to an aromatic ring is 1. The van der Waals surface area contributed by atoms with Crippen molar-refractivity contribution in [3.63, 3.8) is 0 Å². The van der Waals surface area contributed by atoms with Crippen LogP contribution in [0.15, 0.2) is 36.4 Å². The van der Waals surface area contributed by atoms with Crippen molar-refractivity contribution in [1.29, 1.82) is 5.41 Å². The third-order valence-corrected chi connectivity index (χ3v) is 5.41. The minimum absolute atomic E-state index is 0.0408. The number of carboxylic acids is 1. The Bertz CT molecular complexity index is 1180. The fourth-order valence-electron chi connectivity index (χ4n) is 3.37. The van der Waals surface area contributed by atoms with E-state index in [-0.39, 0.29) is 41.0 Å². The molecule has 2 amide bonds. The van der Waals surface area contributed by atoms with Gasteiger partial charge in [-0.25, -0.2) is 0 Å². The maximum Gasteiger partial charge on any atom is 0.305 e. The number of aliphatic carboxylic acids is 1. The van der Waals surface area contributed by atoms with Gasteiger partial charge in [0.2, 0.25) is 5.91 Å². The molecule has 0 saturated carbocycles. The molecule has 32 heavy (non-hydrogen) atoms. The fraction of sp³-hybridized carbons (Fsp3) is 0.217. The maximum absolute atomic E-state index is 13.2. The second-order valence-corrected chi connectivity index (χ2v) is 7.84. The lowest BCUT2D eigenvalue weighted by Gasteiger charge is -2.26. The molecule has 9 heteroatoms. The maximum atomic E-state index is 13.2. The van der Waals surface area contributed by atoms with Crippen LogP contribution < -0.4 is 10.6 Å². The van der Waals surface area contributed by atoms with Gasteiger partial charge in [0, 0.05) is 29.8 Å². The number of carboxylic acid groups (broad SMARTS) is 1. The van der Waals surface area contributed by atoms with Crippen LogP contribution in [0.5, 0.6) is 0 Å². The second kappa shape index (κ2) is 9.12. The van der Waals surface area contributed by atoms with E-state index in [9.17, 15) is 14.4 Å². The van der Waals surface area contributed by atoms with Crippen molar-refractivity contribution >= 4 is 40.9 Å². The predicted molar refractivity (Wildman–Crippen MR) is 121 cm³/mol. The van der Waals surface area contributed by atoms with E-state index >= 15 is 0 Å². The van der Waals surface area contributed by atoms with E-state index in [2.05, 4.69) is 11.8 Å². The summed E-state index contributed by atoms with van der Waals surface area (Å²) in [6.07, 6.45) is -0.290. The summed E-state index contributed by atoms with van der Waals surface area (Å²) >= 11 is 6.43. The number of nitrogens with one attached hydrogen (secondary N) is 1. The van der Waals surface area contributed by atoms with Gasteiger partial charge in [-0.1, -0.05) is 35.6 Å². The average Bonchev–Trinajstić information content (AvgIpc) is 2.82. The summed E-state index contributed by atoms with van der Waals surface area (Å²) in [6, 6.07) is 9.26. The third kappa shape index (κ3) is 4.74. The number of amides is 2. The zero-order valence-electron chi connectivity index (χ0n) is 17.5. The Morgan fingerprint density at radius 3 is 2.44 bits per heavy atom. The van der Waals surface area contributed by atoms with Gasteiger partial charge in [-0.05, 0) is 31.2 Å². The monoisotopic (exact) mass is 452 g/mol. The number of nitrogens with zero attached hydrogens (tertiary/aromatic N) is 2. The Labute approximate surface area is 190 Å². The number of carbonyl (C=O) groups excluding carboxylic acids is 2. The van der Waals surface area contributed by atoms with Crippen molar-refractivity contribution in [2.45, 2.75) is 19.4 Å². The molecule has 0 unspecified atom stereocenters. The number of anilines is 1. The van der Waals surface area contributed by atoms with Crippen molar-refractivity contribution in [2.24, 2.45) is 5.73 Å². The molecule has 164 valence electrons. The normalized spacial score (nSPS) is 14.2. The highest BCUT2D eigenvalue weighted by atomic mass is 35.5. The lowest BCUT2D eigenvalue weighted by molar-refractivity contribution is -0.138. The van der Waals surface area contributed by atoms with Crippen LogP contribution in [-0.4, -0.2) is 53.3 Å². The number of fused-ring (bicyclic) bond motifs is 1. The van der Waals surface area contributed by atoms with Crippen molar-refractivity contribution in [3.8, 4) is 11.8 Å². The zero-order chi connectivity index (χ0) is 23.6. The first kappa shape index (κ1) is 22.8. The number of nitrogens with two attached hydrogens (primary N) is 1. The van der Waals surface area contributed by atoms with Gasteiger partial charge in [-0.15, -0.1) is 0 Å². The van der Waals surface area contributed by atoms with Crippen molar-refractivity contribution in [1.82, 2.24) is 4.90 Å². The van der Waals surface area contributed by atoms with Gasteiger partial charge in [0.25, 0.3) is 5.91 Å². The summed E-state index contributed by atoms with van der Waals surface area (Å²) in [5, 5.41) is 16.7. The zero-order valence-corrected chi connectivity index (χ0v) is 18.2. The van der Waals surface area contributed by atoms with Crippen molar-refractivity contribution < 1.29 is 19.5 Å². The van der Waals surface area contributed by atoms with E-state index in [1.807, 2.05) is 0 Å². The topological polar surface area (TPSA) is 128 Å². The van der Waals surface area contributed by atoms with Crippen molar-refractivity contribution in [3.05, 3.63) is 63.7 Å². The summed E-state index contributed by atoms with van der Waals surface area (Å²) in [7, 11) is 1.52. The van der Waals surface area contributed by atoms with E-state index in [0.717, 1.165) is 0 Å². The molecule has 0 aliphatic carbocycles. The summed E-state index contributed by atoms with van der Waals surface area (Å²) in [6.45, 7) is 1.33. The first-order valence-electron chi connectivity index (χ1n) is 9.67. The Hall–Kier alpha value is -3.83. The molecule has 1 atom stereocenters. The molecule has 3 rings (SSSR count). The Balaban J connectivity index is 2.02. The minimum Gasteiger partial charge on any atom is -0.481 e. The lowest BCUT2D eigenvalue weighted by Crippen LogP contribution is -2.43. The van der Waals surface area contributed by atoms with E-state index < -0.39 is 17.9 Å². The number of amidine groups is 1. The van der Waals surface area contributed by atoms with E-state index in [0.29, 0.717) is 16.7 Å².